The average Bonchev–Trinajstić information content (AvgIpc) is 3.44. The summed E-state index contributed by atoms with van der Waals surface area (Å²) in [5.74, 6) is -0.722. The van der Waals surface area contributed by atoms with Crippen LogP contribution in [0, 0.1) is 5.92 Å². The Labute approximate surface area is 135 Å². The maximum absolute atomic E-state index is 12.2. The van der Waals surface area contributed by atoms with Gasteiger partial charge in [-0.25, -0.2) is 0 Å². The van der Waals surface area contributed by atoms with Gasteiger partial charge in [0.1, 0.15) is 0 Å². The zero-order valence-electron chi connectivity index (χ0n) is 12.9. The summed E-state index contributed by atoms with van der Waals surface area (Å²) in [5.41, 5.74) is 2.02. The summed E-state index contributed by atoms with van der Waals surface area (Å²) in [4.78, 5) is 24.2. The Morgan fingerprint density at radius 2 is 1.52 bits per heavy atom. The molecule has 0 aliphatic heterocycles. The first-order valence-corrected chi connectivity index (χ1v) is 7.91. The molecule has 1 fully saturated rings. The third-order valence-electron chi connectivity index (χ3n) is 4.04. The normalized spacial score (nSPS) is 14.8. The van der Waals surface area contributed by atoms with E-state index in [1.54, 1.807) is 0 Å². The third kappa shape index (κ3) is 4.19. The van der Waals surface area contributed by atoms with E-state index in [2.05, 4.69) is 10.6 Å². The number of benzene rings is 2. The van der Waals surface area contributed by atoms with Crippen molar-refractivity contribution in [1.29, 1.82) is 0 Å². The predicted molar refractivity (Wildman–Crippen MR) is 88.3 cm³/mol. The van der Waals surface area contributed by atoms with Gasteiger partial charge < -0.3 is 10.6 Å². The lowest BCUT2D eigenvalue weighted by Gasteiger charge is -2.18. The van der Waals surface area contributed by atoms with Crippen LogP contribution in [0.15, 0.2) is 60.7 Å². The van der Waals surface area contributed by atoms with Crippen molar-refractivity contribution in [2.45, 2.75) is 25.4 Å². The second kappa shape index (κ2) is 7.09. The van der Waals surface area contributed by atoms with E-state index in [0.29, 0.717) is 12.5 Å². The Morgan fingerprint density at radius 3 is 2.13 bits per heavy atom. The highest BCUT2D eigenvalue weighted by atomic mass is 16.2. The molecule has 118 valence electrons. The molecule has 4 nitrogen and oxygen atoms in total. The van der Waals surface area contributed by atoms with Crippen molar-refractivity contribution < 1.29 is 9.59 Å². The number of amides is 2. The summed E-state index contributed by atoms with van der Waals surface area (Å²) in [6, 6.07) is 19.3. The van der Waals surface area contributed by atoms with Gasteiger partial charge in [-0.15, -0.1) is 0 Å². The molecule has 2 amide bonds. The zero-order valence-corrected chi connectivity index (χ0v) is 12.9. The number of carbonyl (C=O) groups is 2. The van der Waals surface area contributed by atoms with Gasteiger partial charge in [-0.05, 0) is 29.9 Å². The minimum absolute atomic E-state index is 0.0776. The van der Waals surface area contributed by atoms with Crippen molar-refractivity contribution in [3.05, 3.63) is 71.8 Å². The van der Waals surface area contributed by atoms with Crippen LogP contribution in [0.3, 0.4) is 0 Å². The Hall–Kier alpha value is -2.62. The highest BCUT2D eigenvalue weighted by molar-refractivity contribution is 6.35. The molecule has 0 spiro atoms. The molecule has 2 N–H and O–H groups in total. The average molecular weight is 308 g/mol. The van der Waals surface area contributed by atoms with E-state index in [1.165, 1.54) is 0 Å². The number of hydrogen-bond acceptors (Lipinski definition) is 2. The van der Waals surface area contributed by atoms with E-state index >= 15 is 0 Å². The summed E-state index contributed by atoms with van der Waals surface area (Å²) >= 11 is 0. The first kappa shape index (κ1) is 15.3. The molecule has 2 aromatic carbocycles. The quantitative estimate of drug-likeness (QED) is 0.834. The number of rotatable bonds is 5. The molecule has 1 aliphatic rings. The van der Waals surface area contributed by atoms with Crippen molar-refractivity contribution in [2.75, 3.05) is 0 Å². The topological polar surface area (TPSA) is 58.2 Å². The number of carbonyl (C=O) groups excluding carboxylic acids is 2. The van der Waals surface area contributed by atoms with Crippen LogP contribution in [0.2, 0.25) is 0 Å². The minimum Gasteiger partial charge on any atom is -0.344 e. The lowest BCUT2D eigenvalue weighted by molar-refractivity contribution is -0.139. The van der Waals surface area contributed by atoms with Crippen LogP contribution in [0.25, 0.3) is 0 Å². The lowest BCUT2D eigenvalue weighted by Crippen LogP contribution is -2.41. The Morgan fingerprint density at radius 1 is 0.913 bits per heavy atom. The van der Waals surface area contributed by atoms with Crippen LogP contribution in [-0.2, 0) is 16.1 Å². The summed E-state index contributed by atoms with van der Waals surface area (Å²) in [5, 5.41) is 5.54. The van der Waals surface area contributed by atoms with Gasteiger partial charge in [-0.1, -0.05) is 60.7 Å². The minimum atomic E-state index is -0.588. The zero-order chi connectivity index (χ0) is 16.1. The molecule has 0 aromatic heterocycles. The molecule has 0 bridgehead atoms. The fraction of sp³-hybridized carbons (Fsp3) is 0.263. The first-order valence-electron chi connectivity index (χ1n) is 7.91. The van der Waals surface area contributed by atoms with Crippen LogP contribution in [0.1, 0.15) is 30.0 Å². The summed E-state index contributed by atoms with van der Waals surface area (Å²) in [6.45, 7) is 0.354. The SMILES string of the molecule is O=C(NCc1ccccc1)C(=O)NC(c1ccccc1)C1CC1. The Balaban J connectivity index is 1.57. The van der Waals surface area contributed by atoms with Crippen molar-refractivity contribution in [3.63, 3.8) is 0 Å². The second-order valence-corrected chi connectivity index (χ2v) is 5.87. The molecular formula is C19H20N2O2. The van der Waals surface area contributed by atoms with E-state index in [9.17, 15) is 9.59 Å². The van der Waals surface area contributed by atoms with E-state index in [-0.39, 0.29) is 6.04 Å². The molecular weight excluding hydrogens is 288 g/mol. The van der Waals surface area contributed by atoms with Crippen molar-refractivity contribution in [1.82, 2.24) is 10.6 Å². The number of hydrogen-bond donors (Lipinski definition) is 2. The second-order valence-electron chi connectivity index (χ2n) is 5.87. The van der Waals surface area contributed by atoms with Gasteiger partial charge >= 0.3 is 11.8 Å². The molecule has 1 saturated carbocycles. The van der Waals surface area contributed by atoms with Gasteiger partial charge in [0.15, 0.2) is 0 Å². The molecule has 0 saturated heterocycles. The van der Waals surface area contributed by atoms with Crippen LogP contribution in [0.4, 0.5) is 0 Å². The van der Waals surface area contributed by atoms with E-state index in [1.807, 2.05) is 60.7 Å². The fourth-order valence-electron chi connectivity index (χ4n) is 2.63. The van der Waals surface area contributed by atoms with Crippen LogP contribution < -0.4 is 10.6 Å². The van der Waals surface area contributed by atoms with Crippen molar-refractivity contribution in [2.24, 2.45) is 5.92 Å². The van der Waals surface area contributed by atoms with E-state index in [0.717, 1.165) is 24.0 Å². The molecule has 4 heteroatoms. The summed E-state index contributed by atoms with van der Waals surface area (Å²) in [7, 11) is 0. The summed E-state index contributed by atoms with van der Waals surface area (Å²) in [6.07, 6.45) is 2.18. The molecule has 1 aliphatic carbocycles. The molecule has 1 unspecified atom stereocenters. The van der Waals surface area contributed by atoms with Crippen molar-refractivity contribution >= 4 is 11.8 Å². The van der Waals surface area contributed by atoms with Crippen LogP contribution >= 0.6 is 0 Å². The molecule has 0 radical (unpaired) electrons. The largest absolute Gasteiger partial charge is 0.344 e. The van der Waals surface area contributed by atoms with Gasteiger partial charge in [0.05, 0.1) is 6.04 Å². The van der Waals surface area contributed by atoms with Crippen LogP contribution in [0.5, 0.6) is 0 Å². The maximum atomic E-state index is 12.2. The van der Waals surface area contributed by atoms with Gasteiger partial charge in [-0.3, -0.25) is 9.59 Å². The predicted octanol–water partition coefficient (Wildman–Crippen LogP) is 2.57. The fourth-order valence-corrected chi connectivity index (χ4v) is 2.63. The van der Waals surface area contributed by atoms with Gasteiger partial charge in [0, 0.05) is 6.54 Å². The molecule has 3 rings (SSSR count). The highest BCUT2D eigenvalue weighted by Crippen LogP contribution is 2.40. The van der Waals surface area contributed by atoms with Crippen LogP contribution in [-0.4, -0.2) is 11.8 Å². The monoisotopic (exact) mass is 308 g/mol. The Kier molecular flexibility index (Phi) is 4.71. The number of nitrogens with one attached hydrogen (secondary N) is 2. The molecule has 0 heterocycles. The van der Waals surface area contributed by atoms with Crippen molar-refractivity contribution in [3.8, 4) is 0 Å². The molecule has 23 heavy (non-hydrogen) atoms. The highest BCUT2D eigenvalue weighted by Gasteiger charge is 2.34. The smallest absolute Gasteiger partial charge is 0.309 e. The Bertz CT molecular complexity index is 666. The maximum Gasteiger partial charge on any atom is 0.309 e. The van der Waals surface area contributed by atoms with Gasteiger partial charge in [-0.2, -0.15) is 0 Å². The van der Waals surface area contributed by atoms with E-state index in [4.69, 9.17) is 0 Å². The standard InChI is InChI=1S/C19H20N2O2/c22-18(20-13-14-7-3-1-4-8-14)19(23)21-17(16-11-12-16)15-9-5-2-6-10-15/h1-10,16-17H,11-13H2,(H,20,22)(H,21,23). The lowest BCUT2D eigenvalue weighted by atomic mass is 10.0. The summed E-state index contributed by atoms with van der Waals surface area (Å²) < 4.78 is 0. The third-order valence-corrected chi connectivity index (χ3v) is 4.04. The van der Waals surface area contributed by atoms with Gasteiger partial charge in [0.2, 0.25) is 0 Å². The van der Waals surface area contributed by atoms with E-state index < -0.39 is 11.8 Å². The van der Waals surface area contributed by atoms with Gasteiger partial charge in [0.25, 0.3) is 0 Å². The molecule has 2 aromatic rings. The molecule has 1 atom stereocenters. The first-order chi connectivity index (χ1) is 11.2.